The van der Waals surface area contributed by atoms with Crippen LogP contribution in [0.4, 0.5) is 0 Å². The van der Waals surface area contributed by atoms with Crippen LogP contribution in [0.25, 0.3) is 0 Å². The average molecular weight is 180 g/mol. The van der Waals surface area contributed by atoms with E-state index in [0.29, 0.717) is 0 Å². The molecule has 0 rings (SSSR count). The molecule has 0 spiro atoms. The highest BCUT2D eigenvalue weighted by atomic mass is 35.5. The molecule has 11 heavy (non-hydrogen) atoms. The van der Waals surface area contributed by atoms with Crippen LogP contribution in [0.3, 0.4) is 0 Å². The summed E-state index contributed by atoms with van der Waals surface area (Å²) in [4.78, 5) is 13.3. The van der Waals surface area contributed by atoms with Gasteiger partial charge in [0.2, 0.25) is 0 Å². The fourth-order valence-corrected chi connectivity index (χ4v) is 0.524. The first-order valence-electron chi connectivity index (χ1n) is 3.46. The lowest BCUT2D eigenvalue weighted by atomic mass is 10.2. The standard InChI is InChI=1S/C7H14ClNO2/c1-5(9-8)6(10)11-7(2,3)4/h5,9H,1-4H3. The van der Waals surface area contributed by atoms with E-state index in [0.717, 1.165) is 0 Å². The maximum absolute atomic E-state index is 11.0. The highest BCUT2D eigenvalue weighted by Crippen LogP contribution is 2.08. The molecule has 0 aromatic rings. The second-order valence-corrected chi connectivity index (χ2v) is 3.58. The molecular weight excluding hydrogens is 166 g/mol. The Bertz CT molecular complexity index is 142. The first kappa shape index (κ1) is 10.7. The Balaban J connectivity index is 3.88. The number of esters is 1. The van der Waals surface area contributed by atoms with Crippen LogP contribution in [0.5, 0.6) is 0 Å². The van der Waals surface area contributed by atoms with Gasteiger partial charge in [0.25, 0.3) is 0 Å². The Hall–Kier alpha value is -0.280. The first-order chi connectivity index (χ1) is 4.87. The summed E-state index contributed by atoms with van der Waals surface area (Å²) in [6.45, 7) is 7.07. The van der Waals surface area contributed by atoms with Crippen molar-refractivity contribution in [3.05, 3.63) is 0 Å². The Morgan fingerprint density at radius 2 is 2.00 bits per heavy atom. The largest absolute Gasteiger partial charge is 0.459 e. The van der Waals surface area contributed by atoms with E-state index in [1.165, 1.54) is 0 Å². The lowest BCUT2D eigenvalue weighted by molar-refractivity contribution is -0.156. The molecule has 0 aliphatic rings. The fourth-order valence-electron chi connectivity index (χ4n) is 0.435. The Morgan fingerprint density at radius 3 is 2.27 bits per heavy atom. The van der Waals surface area contributed by atoms with Gasteiger partial charge < -0.3 is 4.74 Å². The Morgan fingerprint density at radius 1 is 1.55 bits per heavy atom. The molecule has 0 amide bonds. The van der Waals surface area contributed by atoms with Gasteiger partial charge in [-0.1, -0.05) is 0 Å². The van der Waals surface area contributed by atoms with E-state index in [2.05, 4.69) is 4.84 Å². The third-order valence-electron chi connectivity index (χ3n) is 0.924. The van der Waals surface area contributed by atoms with Crippen molar-refractivity contribution in [3.8, 4) is 0 Å². The van der Waals surface area contributed by atoms with Gasteiger partial charge in [-0.3, -0.25) is 4.79 Å². The third kappa shape index (κ3) is 5.04. The summed E-state index contributed by atoms with van der Waals surface area (Å²) in [7, 11) is 0. The fraction of sp³-hybridized carbons (Fsp3) is 0.857. The maximum atomic E-state index is 11.0. The lowest BCUT2D eigenvalue weighted by Gasteiger charge is -2.21. The summed E-state index contributed by atoms with van der Waals surface area (Å²) >= 11 is 5.22. The number of ether oxygens (including phenoxy) is 1. The minimum absolute atomic E-state index is 0.340. The van der Waals surface area contributed by atoms with E-state index in [-0.39, 0.29) is 5.97 Å². The number of carbonyl (C=O) groups excluding carboxylic acids is 1. The molecule has 4 heteroatoms. The third-order valence-corrected chi connectivity index (χ3v) is 1.25. The quantitative estimate of drug-likeness (QED) is 0.515. The molecule has 0 saturated heterocycles. The number of carbonyl (C=O) groups is 1. The number of halogens is 1. The van der Waals surface area contributed by atoms with Gasteiger partial charge in [-0.15, -0.1) is 0 Å². The van der Waals surface area contributed by atoms with Gasteiger partial charge in [0.1, 0.15) is 11.6 Å². The van der Waals surface area contributed by atoms with Crippen LogP contribution in [0, 0.1) is 0 Å². The van der Waals surface area contributed by atoms with Crippen LogP contribution in [-0.4, -0.2) is 17.6 Å². The molecule has 0 aliphatic heterocycles. The summed E-state index contributed by atoms with van der Waals surface area (Å²) < 4.78 is 5.00. The van der Waals surface area contributed by atoms with Crippen molar-refractivity contribution >= 4 is 17.7 Å². The van der Waals surface area contributed by atoms with Crippen LogP contribution in [0.15, 0.2) is 0 Å². The zero-order valence-electron chi connectivity index (χ0n) is 7.27. The monoisotopic (exact) mass is 179 g/mol. The van der Waals surface area contributed by atoms with Gasteiger partial charge in [-0.2, -0.15) is 0 Å². The van der Waals surface area contributed by atoms with E-state index < -0.39 is 11.6 Å². The average Bonchev–Trinajstić information content (AvgIpc) is 1.82. The molecule has 0 aliphatic carbocycles. The molecule has 1 atom stereocenters. The van der Waals surface area contributed by atoms with Gasteiger partial charge in [0.15, 0.2) is 0 Å². The van der Waals surface area contributed by atoms with Crippen LogP contribution < -0.4 is 4.84 Å². The van der Waals surface area contributed by atoms with E-state index in [9.17, 15) is 4.79 Å². The normalized spacial score (nSPS) is 14.3. The highest BCUT2D eigenvalue weighted by molar-refractivity contribution is 6.14. The lowest BCUT2D eigenvalue weighted by Crippen LogP contribution is -2.35. The summed E-state index contributed by atoms with van der Waals surface area (Å²) in [5, 5.41) is 0. The molecule has 0 aromatic heterocycles. The van der Waals surface area contributed by atoms with E-state index in [1.54, 1.807) is 6.92 Å². The molecule has 0 aromatic carbocycles. The topological polar surface area (TPSA) is 38.3 Å². The second kappa shape index (κ2) is 3.93. The SMILES string of the molecule is CC(NCl)C(=O)OC(C)(C)C. The summed E-state index contributed by atoms with van der Waals surface area (Å²) in [5.74, 6) is -0.340. The van der Waals surface area contributed by atoms with Crippen molar-refractivity contribution in [2.75, 3.05) is 0 Å². The number of hydrogen-bond donors (Lipinski definition) is 1. The van der Waals surface area contributed by atoms with Gasteiger partial charge in [0, 0.05) is 0 Å². The molecular formula is C7H14ClNO2. The van der Waals surface area contributed by atoms with Gasteiger partial charge in [-0.05, 0) is 39.5 Å². The van der Waals surface area contributed by atoms with Crippen LogP contribution in [0.2, 0.25) is 0 Å². The molecule has 0 bridgehead atoms. The van der Waals surface area contributed by atoms with E-state index in [1.807, 2.05) is 20.8 Å². The number of hydrogen-bond acceptors (Lipinski definition) is 3. The van der Waals surface area contributed by atoms with Crippen LogP contribution in [0.1, 0.15) is 27.7 Å². The summed E-state index contributed by atoms with van der Waals surface area (Å²) in [6, 6.07) is -0.462. The second-order valence-electron chi connectivity index (χ2n) is 3.36. The Labute approximate surface area is 72.2 Å². The molecule has 0 fully saturated rings. The molecule has 0 saturated carbocycles. The highest BCUT2D eigenvalue weighted by Gasteiger charge is 2.20. The number of nitrogens with one attached hydrogen (secondary N) is 1. The van der Waals surface area contributed by atoms with E-state index in [4.69, 9.17) is 16.5 Å². The smallest absolute Gasteiger partial charge is 0.324 e. The van der Waals surface area contributed by atoms with Crippen molar-refractivity contribution in [2.24, 2.45) is 0 Å². The van der Waals surface area contributed by atoms with Gasteiger partial charge in [0.05, 0.1) is 0 Å². The minimum Gasteiger partial charge on any atom is -0.459 e. The summed E-state index contributed by atoms with van der Waals surface area (Å²) in [6.07, 6.45) is 0. The van der Waals surface area contributed by atoms with E-state index >= 15 is 0 Å². The van der Waals surface area contributed by atoms with Crippen molar-refractivity contribution in [1.82, 2.24) is 4.84 Å². The van der Waals surface area contributed by atoms with Gasteiger partial charge in [-0.25, -0.2) is 4.84 Å². The van der Waals surface area contributed by atoms with Crippen molar-refractivity contribution in [3.63, 3.8) is 0 Å². The maximum Gasteiger partial charge on any atom is 0.324 e. The first-order valence-corrected chi connectivity index (χ1v) is 3.83. The zero-order valence-corrected chi connectivity index (χ0v) is 8.03. The molecule has 1 N–H and O–H groups in total. The predicted octanol–water partition coefficient (Wildman–Crippen LogP) is 1.46. The molecule has 3 nitrogen and oxygen atoms in total. The van der Waals surface area contributed by atoms with Gasteiger partial charge >= 0.3 is 5.97 Å². The number of rotatable bonds is 2. The molecule has 66 valence electrons. The van der Waals surface area contributed by atoms with Crippen molar-refractivity contribution in [1.29, 1.82) is 0 Å². The molecule has 0 radical (unpaired) electrons. The molecule has 0 heterocycles. The zero-order chi connectivity index (χ0) is 9.07. The minimum atomic E-state index is -0.462. The predicted molar refractivity (Wildman–Crippen MR) is 44.3 cm³/mol. The Kier molecular flexibility index (Phi) is 3.83. The summed E-state index contributed by atoms with van der Waals surface area (Å²) in [5.41, 5.74) is -0.445. The molecule has 1 unspecified atom stereocenters. The van der Waals surface area contributed by atoms with Crippen LogP contribution in [-0.2, 0) is 9.53 Å². The van der Waals surface area contributed by atoms with Crippen molar-refractivity contribution < 1.29 is 9.53 Å². The van der Waals surface area contributed by atoms with Crippen molar-refractivity contribution in [2.45, 2.75) is 39.3 Å². The van der Waals surface area contributed by atoms with Crippen LogP contribution >= 0.6 is 11.8 Å².